The molecular weight excluding hydrogens is 344 g/mol. The highest BCUT2D eigenvalue weighted by Crippen LogP contribution is 2.32. The van der Waals surface area contributed by atoms with Crippen LogP contribution in [0.25, 0.3) is 0 Å². The van der Waals surface area contributed by atoms with Crippen molar-refractivity contribution in [1.82, 2.24) is 4.90 Å². The van der Waals surface area contributed by atoms with Crippen LogP contribution in [0.1, 0.15) is 40.6 Å². The van der Waals surface area contributed by atoms with E-state index in [4.69, 9.17) is 11.6 Å². The average molecular weight is 363 g/mol. The molecule has 0 aliphatic carbocycles. The fourth-order valence-electron chi connectivity index (χ4n) is 2.81. The smallest absolute Gasteiger partial charge is 0.291 e. The lowest BCUT2D eigenvalue weighted by Crippen LogP contribution is -2.38. The van der Waals surface area contributed by atoms with Gasteiger partial charge in [-0.25, -0.2) is 0 Å². The first-order valence-corrected chi connectivity index (χ1v) is 8.99. The maximum Gasteiger partial charge on any atom is 0.300 e. The van der Waals surface area contributed by atoms with Crippen molar-refractivity contribution in [1.29, 1.82) is 0 Å². The van der Waals surface area contributed by atoms with Gasteiger partial charge in [-0.15, -0.1) is 11.3 Å². The molecule has 2 heterocycles. The first-order chi connectivity index (χ1) is 11.4. The van der Waals surface area contributed by atoms with Gasteiger partial charge in [-0.3, -0.25) is 19.4 Å². The second kappa shape index (κ2) is 6.67. The van der Waals surface area contributed by atoms with Crippen LogP contribution in [-0.4, -0.2) is 30.3 Å². The Labute approximate surface area is 150 Å². The van der Waals surface area contributed by atoms with E-state index in [0.29, 0.717) is 30.4 Å². The summed E-state index contributed by atoms with van der Waals surface area (Å²) in [4.78, 5) is 29.3. The number of nitrogens with zero attached hydrogens (tertiary/aromatic N) is 2. The second-order valence-corrected chi connectivity index (χ2v) is 8.15. The monoisotopic (exact) mass is 362 g/mol. The molecule has 0 N–H and O–H groups in total. The number of hydrogen-bond acceptors (Lipinski definition) is 4. The van der Waals surface area contributed by atoms with Gasteiger partial charge in [0.15, 0.2) is 0 Å². The van der Waals surface area contributed by atoms with E-state index in [9.17, 15) is 9.59 Å². The third kappa shape index (κ3) is 3.24. The molecule has 1 aromatic carbocycles. The summed E-state index contributed by atoms with van der Waals surface area (Å²) in [7, 11) is 1.92. The van der Waals surface area contributed by atoms with E-state index in [-0.39, 0.29) is 0 Å². The van der Waals surface area contributed by atoms with Gasteiger partial charge in [0.1, 0.15) is 0 Å². The zero-order valence-electron chi connectivity index (χ0n) is 13.9. The quantitative estimate of drug-likeness (QED) is 0.750. The van der Waals surface area contributed by atoms with E-state index < -0.39 is 11.7 Å². The average Bonchev–Trinajstić information content (AvgIpc) is 3.04. The van der Waals surface area contributed by atoms with Gasteiger partial charge in [-0.2, -0.15) is 0 Å². The Bertz CT molecular complexity index is 800. The molecule has 0 radical (unpaired) electrons. The summed E-state index contributed by atoms with van der Waals surface area (Å²) in [6.45, 7) is 5.18. The number of hydrogen-bond donors (Lipinski definition) is 0. The molecule has 0 spiro atoms. The molecule has 2 aromatic rings. The highest BCUT2D eigenvalue weighted by molar-refractivity contribution is 7.16. The lowest BCUT2D eigenvalue weighted by Gasteiger charge is -2.24. The molecule has 0 saturated heterocycles. The maximum atomic E-state index is 12.4. The fourth-order valence-corrected chi connectivity index (χ4v) is 3.98. The molecule has 6 heteroatoms. The Morgan fingerprint density at radius 2 is 1.96 bits per heavy atom. The summed E-state index contributed by atoms with van der Waals surface area (Å²) >= 11 is 7.47. The van der Waals surface area contributed by atoms with Crippen molar-refractivity contribution in [2.24, 2.45) is 0 Å². The summed E-state index contributed by atoms with van der Waals surface area (Å²) < 4.78 is 0.748. The molecule has 0 unspecified atom stereocenters. The van der Waals surface area contributed by atoms with Crippen LogP contribution in [0.15, 0.2) is 30.3 Å². The minimum absolute atomic E-state index is 0.318. The summed E-state index contributed by atoms with van der Waals surface area (Å²) in [5.41, 5.74) is 2.28. The molecule has 1 aliphatic rings. The number of carbonyl (C=O) groups excluding carboxylic acids is 2. The van der Waals surface area contributed by atoms with E-state index in [0.717, 1.165) is 14.8 Å². The van der Waals surface area contributed by atoms with Crippen LogP contribution >= 0.6 is 22.9 Å². The standard InChI is InChI=1S/C18H19ClN2O2S/c1-11(2)12-4-6-15-14(8-12)17(22)18(23)21(15)10-20(3)9-13-5-7-16(19)24-13/h4-8,11H,9-10H2,1-3H3. The molecule has 0 atom stereocenters. The summed E-state index contributed by atoms with van der Waals surface area (Å²) in [5.74, 6) is -0.555. The number of thiophene rings is 1. The highest BCUT2D eigenvalue weighted by Gasteiger charge is 2.36. The van der Waals surface area contributed by atoms with Crippen molar-refractivity contribution in [2.75, 3.05) is 18.6 Å². The second-order valence-electron chi connectivity index (χ2n) is 6.36. The van der Waals surface area contributed by atoms with E-state index in [1.165, 1.54) is 11.3 Å². The van der Waals surface area contributed by atoms with Gasteiger partial charge >= 0.3 is 5.91 Å². The molecule has 1 aromatic heterocycles. The molecule has 24 heavy (non-hydrogen) atoms. The number of fused-ring (bicyclic) bond motifs is 1. The van der Waals surface area contributed by atoms with Crippen LogP contribution in [0.2, 0.25) is 4.34 Å². The zero-order chi connectivity index (χ0) is 17.4. The summed E-state index contributed by atoms with van der Waals surface area (Å²) in [5, 5.41) is 0. The molecule has 0 saturated carbocycles. The van der Waals surface area contributed by atoms with E-state index in [2.05, 4.69) is 13.8 Å². The molecule has 4 nitrogen and oxygen atoms in total. The van der Waals surface area contributed by atoms with Crippen LogP contribution < -0.4 is 4.90 Å². The van der Waals surface area contributed by atoms with Gasteiger partial charge in [-0.1, -0.05) is 31.5 Å². The molecule has 1 amide bonds. The van der Waals surface area contributed by atoms with E-state index >= 15 is 0 Å². The molecule has 1 aliphatic heterocycles. The number of rotatable bonds is 5. The molecule has 126 valence electrons. The Morgan fingerprint density at radius 3 is 2.58 bits per heavy atom. The van der Waals surface area contributed by atoms with Crippen LogP contribution in [0.4, 0.5) is 5.69 Å². The number of benzene rings is 1. The Kier molecular flexibility index (Phi) is 4.76. The largest absolute Gasteiger partial charge is 0.300 e. The van der Waals surface area contributed by atoms with Gasteiger partial charge < -0.3 is 0 Å². The number of anilines is 1. The van der Waals surface area contributed by atoms with E-state index in [1.54, 1.807) is 4.90 Å². The third-order valence-corrected chi connectivity index (χ3v) is 5.32. The predicted octanol–water partition coefficient (Wildman–Crippen LogP) is 4.14. The summed E-state index contributed by atoms with van der Waals surface area (Å²) in [6, 6.07) is 9.55. The van der Waals surface area contributed by atoms with Crippen LogP contribution in [0.3, 0.4) is 0 Å². The van der Waals surface area contributed by atoms with Crippen molar-refractivity contribution in [2.45, 2.75) is 26.3 Å². The number of ketones is 1. The van der Waals surface area contributed by atoms with Crippen molar-refractivity contribution in [3.05, 3.63) is 50.7 Å². The normalized spacial score (nSPS) is 14.2. The Hall–Kier alpha value is -1.69. The van der Waals surface area contributed by atoms with Crippen LogP contribution in [0, 0.1) is 0 Å². The topological polar surface area (TPSA) is 40.6 Å². The lowest BCUT2D eigenvalue weighted by molar-refractivity contribution is -0.114. The van der Waals surface area contributed by atoms with Crippen LogP contribution in [0.5, 0.6) is 0 Å². The number of Topliss-reactive ketones (excluding diaryl/α,β-unsaturated/α-hetero) is 1. The Balaban J connectivity index is 1.79. The van der Waals surface area contributed by atoms with Crippen molar-refractivity contribution >= 4 is 40.3 Å². The van der Waals surface area contributed by atoms with Gasteiger partial charge in [0.2, 0.25) is 0 Å². The Morgan fingerprint density at radius 1 is 1.21 bits per heavy atom. The SMILES string of the molecule is CC(C)c1ccc2c(c1)C(=O)C(=O)N2CN(C)Cc1ccc(Cl)s1. The third-order valence-electron chi connectivity index (χ3n) is 4.10. The minimum Gasteiger partial charge on any atom is -0.291 e. The van der Waals surface area contributed by atoms with Gasteiger partial charge in [0.25, 0.3) is 5.78 Å². The first-order valence-electron chi connectivity index (χ1n) is 7.79. The molecule has 3 rings (SSSR count). The maximum absolute atomic E-state index is 12.4. The number of halogens is 1. The van der Waals surface area contributed by atoms with Gasteiger partial charge in [-0.05, 0) is 42.8 Å². The highest BCUT2D eigenvalue weighted by atomic mass is 35.5. The van der Waals surface area contributed by atoms with Crippen molar-refractivity contribution < 1.29 is 9.59 Å². The van der Waals surface area contributed by atoms with Gasteiger partial charge in [0.05, 0.1) is 22.3 Å². The van der Waals surface area contributed by atoms with Crippen LogP contribution in [-0.2, 0) is 11.3 Å². The molecular formula is C18H19ClN2O2S. The molecule has 0 bridgehead atoms. The van der Waals surface area contributed by atoms with Gasteiger partial charge in [0, 0.05) is 11.4 Å². The van der Waals surface area contributed by atoms with E-state index in [1.807, 2.05) is 42.3 Å². The number of amides is 1. The lowest BCUT2D eigenvalue weighted by atomic mass is 9.99. The zero-order valence-corrected chi connectivity index (χ0v) is 15.4. The van der Waals surface area contributed by atoms with Crippen molar-refractivity contribution in [3.63, 3.8) is 0 Å². The molecule has 0 fully saturated rings. The minimum atomic E-state index is -0.457. The predicted molar refractivity (Wildman–Crippen MR) is 98.0 cm³/mol. The summed E-state index contributed by atoms with van der Waals surface area (Å²) in [6.07, 6.45) is 0. The van der Waals surface area contributed by atoms with Crippen molar-refractivity contribution in [3.8, 4) is 0 Å². The first kappa shape index (κ1) is 17.1. The fraction of sp³-hybridized carbons (Fsp3) is 0.333. The number of carbonyl (C=O) groups is 2.